The molecule has 0 fully saturated rings. The topological polar surface area (TPSA) is 107 Å². The van der Waals surface area contributed by atoms with Gasteiger partial charge in [0.05, 0.1) is 0 Å². The molecule has 0 aromatic carbocycles. The Balaban J connectivity index is 1.96. The van der Waals surface area contributed by atoms with Gasteiger partial charge in [-0.1, -0.05) is 5.16 Å². The summed E-state index contributed by atoms with van der Waals surface area (Å²) >= 11 is 0. The minimum Gasteiger partial charge on any atom is -0.378 e. The molecular weight excluding hydrogens is 238 g/mol. The van der Waals surface area contributed by atoms with Gasteiger partial charge in [-0.15, -0.1) is 0 Å². The molecule has 2 heterocycles. The summed E-state index contributed by atoms with van der Waals surface area (Å²) in [7, 11) is 0. The number of pyridine rings is 1. The molecule has 94 valence electrons. The van der Waals surface area contributed by atoms with Crippen molar-refractivity contribution in [1.29, 1.82) is 0 Å². The van der Waals surface area contributed by atoms with Gasteiger partial charge in [0.25, 0.3) is 0 Å². The summed E-state index contributed by atoms with van der Waals surface area (Å²) in [5, 5.41) is 17.3. The SMILES string of the molecule is Cc1noc(CCNc2cccnc2[N+](=O)[O-])n1. The smallest absolute Gasteiger partial charge is 0.378 e. The Bertz CT molecular complexity index is 554. The predicted octanol–water partition coefficient (Wildman–Crippen LogP) is 1.34. The highest BCUT2D eigenvalue weighted by Crippen LogP contribution is 2.19. The molecule has 0 aliphatic heterocycles. The average Bonchev–Trinajstić information content (AvgIpc) is 2.75. The van der Waals surface area contributed by atoms with Gasteiger partial charge in [0.2, 0.25) is 5.89 Å². The Morgan fingerprint density at radius 1 is 1.56 bits per heavy atom. The number of anilines is 1. The molecule has 0 saturated heterocycles. The molecule has 0 amide bonds. The normalized spacial score (nSPS) is 10.3. The van der Waals surface area contributed by atoms with Crippen molar-refractivity contribution in [2.75, 3.05) is 11.9 Å². The van der Waals surface area contributed by atoms with Crippen LogP contribution in [-0.2, 0) is 6.42 Å². The zero-order valence-corrected chi connectivity index (χ0v) is 9.66. The highest BCUT2D eigenvalue weighted by atomic mass is 16.6. The third-order valence-electron chi connectivity index (χ3n) is 2.18. The molecule has 0 aliphatic rings. The molecule has 8 nitrogen and oxygen atoms in total. The average molecular weight is 249 g/mol. The van der Waals surface area contributed by atoms with Crippen LogP contribution in [-0.4, -0.2) is 26.6 Å². The fourth-order valence-corrected chi connectivity index (χ4v) is 1.43. The summed E-state index contributed by atoms with van der Waals surface area (Å²) in [5.74, 6) is 0.864. The van der Waals surface area contributed by atoms with Crippen LogP contribution in [0.25, 0.3) is 0 Å². The fraction of sp³-hybridized carbons (Fsp3) is 0.300. The summed E-state index contributed by atoms with van der Waals surface area (Å²) in [6.07, 6.45) is 1.87. The zero-order chi connectivity index (χ0) is 13.0. The largest absolute Gasteiger partial charge is 0.386 e. The molecule has 18 heavy (non-hydrogen) atoms. The van der Waals surface area contributed by atoms with Crippen LogP contribution in [0.4, 0.5) is 11.5 Å². The lowest BCUT2D eigenvalue weighted by molar-refractivity contribution is -0.388. The summed E-state index contributed by atoms with van der Waals surface area (Å²) in [6.45, 7) is 2.18. The molecule has 2 rings (SSSR count). The maximum atomic E-state index is 10.7. The second-order valence-corrected chi connectivity index (χ2v) is 3.54. The van der Waals surface area contributed by atoms with E-state index in [0.717, 1.165) is 0 Å². The fourth-order valence-electron chi connectivity index (χ4n) is 1.43. The van der Waals surface area contributed by atoms with E-state index in [0.29, 0.717) is 30.4 Å². The molecule has 0 spiro atoms. The maximum Gasteiger partial charge on any atom is 0.386 e. The first-order valence-corrected chi connectivity index (χ1v) is 5.29. The molecule has 8 heteroatoms. The van der Waals surface area contributed by atoms with Crippen LogP contribution >= 0.6 is 0 Å². The van der Waals surface area contributed by atoms with Gasteiger partial charge in [0, 0.05) is 13.0 Å². The van der Waals surface area contributed by atoms with Crippen LogP contribution in [0, 0.1) is 17.0 Å². The highest BCUT2D eigenvalue weighted by Gasteiger charge is 2.13. The van der Waals surface area contributed by atoms with Crippen LogP contribution in [0.2, 0.25) is 0 Å². The van der Waals surface area contributed by atoms with E-state index in [-0.39, 0.29) is 5.82 Å². The van der Waals surface area contributed by atoms with Crippen molar-refractivity contribution >= 4 is 11.5 Å². The van der Waals surface area contributed by atoms with Crippen LogP contribution in [0.5, 0.6) is 0 Å². The van der Waals surface area contributed by atoms with Crippen LogP contribution in [0.1, 0.15) is 11.7 Å². The van der Waals surface area contributed by atoms with E-state index in [1.165, 1.54) is 6.20 Å². The number of nitrogens with one attached hydrogen (secondary N) is 1. The number of aromatic nitrogens is 3. The molecule has 1 N–H and O–H groups in total. The molecule has 0 saturated carbocycles. The third kappa shape index (κ3) is 2.78. The van der Waals surface area contributed by atoms with Crippen molar-refractivity contribution < 1.29 is 9.45 Å². The van der Waals surface area contributed by atoms with E-state index >= 15 is 0 Å². The van der Waals surface area contributed by atoms with Crippen molar-refractivity contribution in [3.63, 3.8) is 0 Å². The molecule has 0 unspecified atom stereocenters. The molecule has 0 aliphatic carbocycles. The summed E-state index contributed by atoms with van der Waals surface area (Å²) in [6, 6.07) is 3.23. The van der Waals surface area contributed by atoms with Crippen molar-refractivity contribution in [1.82, 2.24) is 15.1 Å². The Kier molecular flexibility index (Phi) is 3.46. The van der Waals surface area contributed by atoms with E-state index in [4.69, 9.17) is 4.52 Å². The van der Waals surface area contributed by atoms with E-state index in [1.807, 2.05) is 0 Å². The number of rotatable bonds is 5. The van der Waals surface area contributed by atoms with Crippen LogP contribution in [0.3, 0.4) is 0 Å². The standard InChI is InChI=1S/C10H11N5O3/c1-7-13-9(18-14-7)4-6-11-8-3-2-5-12-10(8)15(16)17/h2-3,5,11H,4,6H2,1H3. The summed E-state index contributed by atoms with van der Waals surface area (Å²) in [5.41, 5.74) is 0.374. The van der Waals surface area contributed by atoms with Crippen molar-refractivity contribution in [2.45, 2.75) is 13.3 Å². The van der Waals surface area contributed by atoms with Gasteiger partial charge in [-0.3, -0.25) is 0 Å². The van der Waals surface area contributed by atoms with Gasteiger partial charge in [-0.25, -0.2) is 0 Å². The van der Waals surface area contributed by atoms with E-state index in [2.05, 4.69) is 20.4 Å². The van der Waals surface area contributed by atoms with E-state index in [9.17, 15) is 10.1 Å². The zero-order valence-electron chi connectivity index (χ0n) is 9.66. The molecule has 0 radical (unpaired) electrons. The Morgan fingerprint density at radius 3 is 3.06 bits per heavy atom. The second-order valence-electron chi connectivity index (χ2n) is 3.54. The first-order valence-electron chi connectivity index (χ1n) is 5.29. The molecular formula is C10H11N5O3. The Labute approximate surface area is 102 Å². The Hall–Kier alpha value is -2.51. The van der Waals surface area contributed by atoms with Gasteiger partial charge < -0.3 is 20.0 Å². The van der Waals surface area contributed by atoms with Gasteiger partial charge in [-0.05, 0) is 29.0 Å². The molecule has 0 atom stereocenters. The first kappa shape index (κ1) is 12.0. The quantitative estimate of drug-likeness (QED) is 0.629. The molecule has 2 aromatic heterocycles. The Morgan fingerprint density at radius 2 is 2.39 bits per heavy atom. The van der Waals surface area contributed by atoms with E-state index < -0.39 is 4.92 Å². The summed E-state index contributed by atoms with van der Waals surface area (Å²) in [4.78, 5) is 17.9. The van der Waals surface area contributed by atoms with Gasteiger partial charge in [-0.2, -0.15) is 4.98 Å². The number of nitro groups is 1. The van der Waals surface area contributed by atoms with Crippen molar-refractivity contribution in [3.8, 4) is 0 Å². The summed E-state index contributed by atoms with van der Waals surface area (Å²) < 4.78 is 4.93. The van der Waals surface area contributed by atoms with Gasteiger partial charge in [0.15, 0.2) is 5.82 Å². The molecule has 0 bridgehead atoms. The minimum atomic E-state index is -0.529. The van der Waals surface area contributed by atoms with E-state index in [1.54, 1.807) is 19.1 Å². The van der Waals surface area contributed by atoms with Gasteiger partial charge in [0.1, 0.15) is 11.9 Å². The highest BCUT2D eigenvalue weighted by molar-refractivity contribution is 5.56. The van der Waals surface area contributed by atoms with Crippen LogP contribution in [0.15, 0.2) is 22.9 Å². The lowest BCUT2D eigenvalue weighted by atomic mass is 10.3. The predicted molar refractivity (Wildman–Crippen MR) is 62.1 cm³/mol. The van der Waals surface area contributed by atoms with Crippen molar-refractivity contribution in [2.24, 2.45) is 0 Å². The second kappa shape index (κ2) is 5.21. The van der Waals surface area contributed by atoms with Crippen molar-refractivity contribution in [3.05, 3.63) is 40.2 Å². The number of aryl methyl sites for hydroxylation is 1. The van der Waals surface area contributed by atoms with Gasteiger partial charge >= 0.3 is 5.82 Å². The monoisotopic (exact) mass is 249 g/mol. The number of hydrogen-bond donors (Lipinski definition) is 1. The minimum absolute atomic E-state index is 0.195. The third-order valence-corrected chi connectivity index (χ3v) is 2.18. The maximum absolute atomic E-state index is 10.7. The first-order chi connectivity index (χ1) is 8.66. The van der Waals surface area contributed by atoms with Crippen LogP contribution < -0.4 is 5.32 Å². The lowest BCUT2D eigenvalue weighted by Crippen LogP contribution is -2.07. The number of nitrogens with zero attached hydrogens (tertiary/aromatic N) is 4. The lowest BCUT2D eigenvalue weighted by Gasteiger charge is -2.04. The number of hydrogen-bond acceptors (Lipinski definition) is 7. The molecule has 2 aromatic rings.